The van der Waals surface area contributed by atoms with E-state index in [-0.39, 0.29) is 18.4 Å². The van der Waals surface area contributed by atoms with Crippen molar-refractivity contribution < 1.29 is 14.0 Å². The van der Waals surface area contributed by atoms with Crippen molar-refractivity contribution in [3.05, 3.63) is 47.9 Å². The number of carbonyl (C=O) groups excluding carboxylic acids is 2. The van der Waals surface area contributed by atoms with Gasteiger partial charge in [0.25, 0.3) is 0 Å². The van der Waals surface area contributed by atoms with Crippen LogP contribution in [0.4, 0.5) is 11.4 Å². The summed E-state index contributed by atoms with van der Waals surface area (Å²) in [4.78, 5) is 28.9. The molecule has 6 heteroatoms. The summed E-state index contributed by atoms with van der Waals surface area (Å²) in [5.74, 6) is 1.34. The predicted octanol–water partition coefficient (Wildman–Crippen LogP) is 2.78. The number of anilines is 2. The number of nitrogens with one attached hydrogen (secondary N) is 1. The summed E-state index contributed by atoms with van der Waals surface area (Å²) in [5, 5.41) is 2.87. The summed E-state index contributed by atoms with van der Waals surface area (Å²) in [7, 11) is 1.86. The van der Waals surface area contributed by atoms with Gasteiger partial charge >= 0.3 is 0 Å². The number of carbonyl (C=O) groups is 2. The van der Waals surface area contributed by atoms with Crippen molar-refractivity contribution in [2.45, 2.75) is 32.9 Å². The molecule has 6 nitrogen and oxygen atoms in total. The Morgan fingerprint density at radius 2 is 1.96 bits per heavy atom. The van der Waals surface area contributed by atoms with Crippen molar-refractivity contribution in [1.29, 1.82) is 0 Å². The number of para-hydroxylation sites is 2. The Bertz CT molecular complexity index is 810. The van der Waals surface area contributed by atoms with Gasteiger partial charge in [-0.25, -0.2) is 0 Å². The molecule has 1 N–H and O–H groups in total. The molecular weight excluding hydrogens is 318 g/mol. The highest BCUT2D eigenvalue weighted by Crippen LogP contribution is 2.36. The molecule has 0 saturated heterocycles. The van der Waals surface area contributed by atoms with Gasteiger partial charge < -0.3 is 9.73 Å². The normalized spacial score (nSPS) is 15.9. The number of amides is 2. The molecule has 1 aliphatic rings. The van der Waals surface area contributed by atoms with E-state index in [0.29, 0.717) is 12.2 Å². The van der Waals surface area contributed by atoms with Gasteiger partial charge in [-0.05, 0) is 52.1 Å². The third-order valence-corrected chi connectivity index (χ3v) is 4.38. The van der Waals surface area contributed by atoms with Crippen LogP contribution in [0.15, 0.2) is 40.8 Å². The second-order valence-electron chi connectivity index (χ2n) is 6.94. The van der Waals surface area contributed by atoms with Crippen LogP contribution in [0.2, 0.25) is 0 Å². The van der Waals surface area contributed by atoms with Crippen LogP contribution in [0.25, 0.3) is 0 Å². The first-order valence-electron chi connectivity index (χ1n) is 8.26. The van der Waals surface area contributed by atoms with E-state index in [1.807, 2.05) is 49.2 Å². The van der Waals surface area contributed by atoms with Gasteiger partial charge in [-0.15, -0.1) is 0 Å². The Kier molecular flexibility index (Phi) is 4.39. The van der Waals surface area contributed by atoms with Crippen molar-refractivity contribution in [1.82, 2.24) is 4.90 Å². The fraction of sp³-hybridized carbons (Fsp3) is 0.368. The molecule has 25 heavy (non-hydrogen) atoms. The van der Waals surface area contributed by atoms with Crippen molar-refractivity contribution in [3.8, 4) is 0 Å². The van der Waals surface area contributed by atoms with Gasteiger partial charge in [0.05, 0.1) is 24.5 Å². The zero-order valence-electron chi connectivity index (χ0n) is 15.0. The largest absolute Gasteiger partial charge is 0.465 e. The van der Waals surface area contributed by atoms with E-state index < -0.39 is 5.54 Å². The zero-order chi connectivity index (χ0) is 18.2. The van der Waals surface area contributed by atoms with Crippen LogP contribution >= 0.6 is 0 Å². The molecule has 1 aliphatic heterocycles. The smallest absolute Gasteiger partial charge is 0.250 e. The minimum Gasteiger partial charge on any atom is -0.465 e. The Hall–Kier alpha value is -2.60. The SMILES string of the molecule is Cc1ccc(CN(C)CC(=O)N2c3ccccc3NC(=O)C2(C)C)o1. The average molecular weight is 341 g/mol. The lowest BCUT2D eigenvalue weighted by Crippen LogP contribution is -2.60. The number of fused-ring (bicyclic) bond motifs is 1. The van der Waals surface area contributed by atoms with Crippen LogP contribution in [0, 0.1) is 6.92 Å². The third kappa shape index (κ3) is 3.30. The van der Waals surface area contributed by atoms with Crippen LogP contribution in [0.5, 0.6) is 0 Å². The fourth-order valence-electron chi connectivity index (χ4n) is 3.09. The summed E-state index contributed by atoms with van der Waals surface area (Å²) in [6.45, 7) is 6.12. The molecule has 1 aromatic heterocycles. The van der Waals surface area contributed by atoms with E-state index >= 15 is 0 Å². The topological polar surface area (TPSA) is 65.8 Å². The van der Waals surface area contributed by atoms with E-state index in [1.54, 1.807) is 24.8 Å². The van der Waals surface area contributed by atoms with Crippen molar-refractivity contribution in [2.24, 2.45) is 0 Å². The quantitative estimate of drug-likeness (QED) is 0.929. The molecule has 0 saturated carbocycles. The molecule has 0 unspecified atom stereocenters. The highest BCUT2D eigenvalue weighted by atomic mass is 16.3. The first-order chi connectivity index (χ1) is 11.8. The molecular formula is C19H23N3O3. The molecule has 1 aromatic carbocycles. The standard InChI is InChI=1S/C19H23N3O3/c1-13-9-10-14(25-13)11-21(4)12-17(23)22-16-8-6-5-7-15(16)20-18(24)19(22,2)3/h5-10H,11-12H2,1-4H3,(H,20,24). The number of rotatable bonds is 4. The second kappa shape index (κ2) is 6.37. The lowest BCUT2D eigenvalue weighted by Gasteiger charge is -2.42. The zero-order valence-corrected chi connectivity index (χ0v) is 15.0. The molecule has 0 spiro atoms. The molecule has 2 heterocycles. The second-order valence-corrected chi connectivity index (χ2v) is 6.94. The number of aryl methyl sites for hydroxylation is 1. The van der Waals surface area contributed by atoms with Crippen LogP contribution in [0.1, 0.15) is 25.4 Å². The van der Waals surface area contributed by atoms with E-state index in [4.69, 9.17) is 4.42 Å². The minimum absolute atomic E-state index is 0.127. The van der Waals surface area contributed by atoms with Crippen molar-refractivity contribution >= 4 is 23.2 Å². The van der Waals surface area contributed by atoms with Crippen LogP contribution in [-0.2, 0) is 16.1 Å². The maximum Gasteiger partial charge on any atom is 0.250 e. The number of benzene rings is 1. The number of hydrogen-bond donors (Lipinski definition) is 1. The highest BCUT2D eigenvalue weighted by molar-refractivity contribution is 6.14. The predicted molar refractivity (Wildman–Crippen MR) is 96.4 cm³/mol. The molecule has 2 aromatic rings. The van der Waals surface area contributed by atoms with Gasteiger partial charge in [0.15, 0.2) is 0 Å². The maximum atomic E-state index is 13.0. The summed E-state index contributed by atoms with van der Waals surface area (Å²) in [6.07, 6.45) is 0. The average Bonchev–Trinajstić information content (AvgIpc) is 2.92. The Balaban J connectivity index is 1.81. The summed E-state index contributed by atoms with van der Waals surface area (Å²) in [6, 6.07) is 11.2. The molecule has 2 amide bonds. The van der Waals surface area contributed by atoms with Crippen LogP contribution < -0.4 is 10.2 Å². The molecule has 3 rings (SSSR count). The van der Waals surface area contributed by atoms with Crippen LogP contribution in [-0.4, -0.2) is 35.8 Å². The van der Waals surface area contributed by atoms with Gasteiger partial charge in [-0.2, -0.15) is 0 Å². The molecule has 0 bridgehead atoms. The molecule has 132 valence electrons. The van der Waals surface area contributed by atoms with Gasteiger partial charge in [-0.1, -0.05) is 12.1 Å². The maximum absolute atomic E-state index is 13.0. The van der Waals surface area contributed by atoms with Crippen LogP contribution in [0.3, 0.4) is 0 Å². The van der Waals surface area contributed by atoms with E-state index in [1.165, 1.54) is 0 Å². The molecule has 0 fully saturated rings. The molecule has 0 atom stereocenters. The van der Waals surface area contributed by atoms with Crippen molar-refractivity contribution in [3.63, 3.8) is 0 Å². The fourth-order valence-corrected chi connectivity index (χ4v) is 3.09. The lowest BCUT2D eigenvalue weighted by molar-refractivity contribution is -0.127. The van der Waals surface area contributed by atoms with E-state index in [9.17, 15) is 9.59 Å². The van der Waals surface area contributed by atoms with Gasteiger partial charge in [-0.3, -0.25) is 19.4 Å². The number of hydrogen-bond acceptors (Lipinski definition) is 4. The molecule has 0 aliphatic carbocycles. The summed E-state index contributed by atoms with van der Waals surface area (Å²) in [5.41, 5.74) is 0.428. The summed E-state index contributed by atoms with van der Waals surface area (Å²) >= 11 is 0. The number of furan rings is 1. The number of likely N-dealkylation sites (N-methyl/N-ethyl adjacent to an activating group) is 1. The Labute approximate surface area is 147 Å². The van der Waals surface area contributed by atoms with E-state index in [0.717, 1.165) is 17.2 Å². The van der Waals surface area contributed by atoms with Crippen molar-refractivity contribution in [2.75, 3.05) is 23.8 Å². The first kappa shape index (κ1) is 17.2. The van der Waals surface area contributed by atoms with Gasteiger partial charge in [0.1, 0.15) is 17.1 Å². The third-order valence-electron chi connectivity index (χ3n) is 4.38. The number of nitrogens with zero attached hydrogens (tertiary/aromatic N) is 2. The summed E-state index contributed by atoms with van der Waals surface area (Å²) < 4.78 is 5.56. The van der Waals surface area contributed by atoms with Gasteiger partial charge in [0, 0.05) is 0 Å². The lowest BCUT2D eigenvalue weighted by atomic mass is 9.96. The molecule has 0 radical (unpaired) electrons. The Morgan fingerprint density at radius 1 is 1.24 bits per heavy atom. The Morgan fingerprint density at radius 3 is 2.64 bits per heavy atom. The minimum atomic E-state index is -0.951. The monoisotopic (exact) mass is 341 g/mol. The first-order valence-corrected chi connectivity index (χ1v) is 8.26. The van der Waals surface area contributed by atoms with Gasteiger partial charge in [0.2, 0.25) is 11.8 Å². The van der Waals surface area contributed by atoms with E-state index in [2.05, 4.69) is 5.32 Å². The highest BCUT2D eigenvalue weighted by Gasteiger charge is 2.43.